The van der Waals surface area contributed by atoms with E-state index in [4.69, 9.17) is 0 Å². The number of rotatable bonds is 6. The molecule has 2 aromatic carbocycles. The van der Waals surface area contributed by atoms with Crippen LogP contribution >= 0.6 is 11.8 Å². The molecule has 1 fully saturated rings. The average Bonchev–Trinajstić information content (AvgIpc) is 2.74. The summed E-state index contributed by atoms with van der Waals surface area (Å²) in [6.45, 7) is 0.535. The maximum Gasteiger partial charge on any atom is 0.269 e. The lowest BCUT2D eigenvalue weighted by Crippen LogP contribution is -2.41. The third-order valence-electron chi connectivity index (χ3n) is 4.86. The Bertz CT molecular complexity index is 1000. The molecule has 8 nitrogen and oxygen atoms in total. The molecule has 0 saturated carbocycles. The predicted molar refractivity (Wildman–Crippen MR) is 111 cm³/mol. The number of non-ortho nitro benzene ring substituents is 1. The van der Waals surface area contributed by atoms with Crippen LogP contribution in [0.25, 0.3) is 0 Å². The third kappa shape index (κ3) is 4.77. The van der Waals surface area contributed by atoms with Crippen LogP contribution in [0.4, 0.5) is 11.4 Å². The van der Waals surface area contributed by atoms with Crippen LogP contribution in [-0.2, 0) is 14.8 Å². The highest BCUT2D eigenvalue weighted by molar-refractivity contribution is 7.99. The van der Waals surface area contributed by atoms with Crippen LogP contribution in [-0.4, -0.2) is 42.9 Å². The lowest BCUT2D eigenvalue weighted by molar-refractivity contribution is -0.384. The number of anilines is 1. The molecular formula is C19H21N3O5S2. The van der Waals surface area contributed by atoms with Gasteiger partial charge in [0.25, 0.3) is 5.69 Å². The molecule has 3 rings (SSSR count). The Morgan fingerprint density at radius 1 is 1.14 bits per heavy atom. The Hall–Kier alpha value is -2.43. The van der Waals surface area contributed by atoms with Gasteiger partial charge in [-0.2, -0.15) is 4.31 Å². The van der Waals surface area contributed by atoms with Crippen molar-refractivity contribution in [3.8, 4) is 0 Å². The van der Waals surface area contributed by atoms with E-state index in [0.717, 1.165) is 0 Å². The van der Waals surface area contributed by atoms with Gasteiger partial charge < -0.3 is 5.32 Å². The minimum absolute atomic E-state index is 0.0490. The number of nitro groups is 1. The minimum Gasteiger partial charge on any atom is -0.326 e. The van der Waals surface area contributed by atoms with Crippen molar-refractivity contribution in [1.29, 1.82) is 0 Å². The van der Waals surface area contributed by atoms with E-state index in [9.17, 15) is 23.3 Å². The molecular weight excluding hydrogens is 414 g/mol. The molecule has 0 spiro atoms. The van der Waals surface area contributed by atoms with E-state index in [1.807, 2.05) is 6.26 Å². The van der Waals surface area contributed by atoms with Gasteiger partial charge in [0.05, 0.1) is 9.82 Å². The lowest BCUT2D eigenvalue weighted by Gasteiger charge is -2.31. The minimum atomic E-state index is -3.61. The topological polar surface area (TPSA) is 110 Å². The molecule has 29 heavy (non-hydrogen) atoms. The summed E-state index contributed by atoms with van der Waals surface area (Å²) < 4.78 is 27.4. The van der Waals surface area contributed by atoms with Gasteiger partial charge in [-0.3, -0.25) is 14.9 Å². The number of amides is 1. The molecule has 0 aromatic heterocycles. The Kier molecular flexibility index (Phi) is 6.56. The van der Waals surface area contributed by atoms with Crippen LogP contribution in [0.1, 0.15) is 12.8 Å². The van der Waals surface area contributed by atoms with Gasteiger partial charge in [-0.25, -0.2) is 8.42 Å². The smallest absolute Gasteiger partial charge is 0.269 e. The van der Waals surface area contributed by atoms with Crippen molar-refractivity contribution in [1.82, 2.24) is 4.31 Å². The first-order chi connectivity index (χ1) is 13.8. The second-order valence-corrected chi connectivity index (χ2v) is 9.38. The Morgan fingerprint density at radius 3 is 2.34 bits per heavy atom. The van der Waals surface area contributed by atoms with E-state index in [1.165, 1.54) is 40.3 Å². The highest BCUT2D eigenvalue weighted by Crippen LogP contribution is 2.30. The van der Waals surface area contributed by atoms with Crippen molar-refractivity contribution in [2.45, 2.75) is 22.6 Å². The number of piperidine rings is 1. The first-order valence-electron chi connectivity index (χ1n) is 9.01. The SMILES string of the molecule is CSc1ccccc1S(=O)(=O)N1CCC(C(=O)Nc2ccc([N+](=O)[O-])cc2)CC1. The van der Waals surface area contributed by atoms with Gasteiger partial charge in [-0.15, -0.1) is 11.8 Å². The number of hydrogen-bond acceptors (Lipinski definition) is 6. The number of benzene rings is 2. The lowest BCUT2D eigenvalue weighted by atomic mass is 9.97. The van der Waals surface area contributed by atoms with Crippen LogP contribution < -0.4 is 5.32 Å². The number of carbonyl (C=O) groups excluding carboxylic acids is 1. The highest BCUT2D eigenvalue weighted by Gasteiger charge is 2.33. The molecule has 2 aromatic rings. The summed E-state index contributed by atoms with van der Waals surface area (Å²) in [5, 5.41) is 13.4. The maximum atomic E-state index is 13.0. The number of nitrogens with one attached hydrogen (secondary N) is 1. The molecule has 1 saturated heterocycles. The Balaban J connectivity index is 1.62. The summed E-state index contributed by atoms with van der Waals surface area (Å²) in [6, 6.07) is 12.5. The van der Waals surface area contributed by atoms with E-state index >= 15 is 0 Å². The van der Waals surface area contributed by atoms with E-state index in [2.05, 4.69) is 5.32 Å². The molecule has 1 heterocycles. The molecule has 1 aliphatic rings. The second-order valence-electron chi connectivity index (χ2n) is 6.62. The summed E-state index contributed by atoms with van der Waals surface area (Å²) in [7, 11) is -3.61. The zero-order chi connectivity index (χ0) is 21.0. The zero-order valence-electron chi connectivity index (χ0n) is 15.8. The second kappa shape index (κ2) is 8.93. The molecule has 0 bridgehead atoms. The number of carbonyl (C=O) groups is 1. The van der Waals surface area contributed by atoms with Crippen molar-refractivity contribution < 1.29 is 18.1 Å². The van der Waals surface area contributed by atoms with Gasteiger partial charge in [0.2, 0.25) is 15.9 Å². The largest absolute Gasteiger partial charge is 0.326 e. The van der Waals surface area contributed by atoms with Crippen molar-refractivity contribution in [2.24, 2.45) is 5.92 Å². The fourth-order valence-corrected chi connectivity index (χ4v) is 5.83. The van der Waals surface area contributed by atoms with Crippen LogP contribution in [0, 0.1) is 16.0 Å². The average molecular weight is 436 g/mol. The number of sulfonamides is 1. The molecule has 154 valence electrons. The van der Waals surface area contributed by atoms with Crippen LogP contribution in [0.5, 0.6) is 0 Å². The molecule has 1 amide bonds. The van der Waals surface area contributed by atoms with Gasteiger partial charge in [0.1, 0.15) is 0 Å². The Morgan fingerprint density at radius 2 is 1.76 bits per heavy atom. The Labute approximate surface area is 173 Å². The normalized spacial score (nSPS) is 15.8. The van der Waals surface area contributed by atoms with Crippen molar-refractivity contribution in [2.75, 3.05) is 24.7 Å². The van der Waals surface area contributed by atoms with Crippen molar-refractivity contribution in [3.05, 3.63) is 58.6 Å². The first-order valence-corrected chi connectivity index (χ1v) is 11.7. The molecule has 0 atom stereocenters. The summed E-state index contributed by atoms with van der Waals surface area (Å²) in [5.41, 5.74) is 0.427. The third-order valence-corrected chi connectivity index (χ3v) is 7.74. The van der Waals surface area contributed by atoms with E-state index < -0.39 is 14.9 Å². The molecule has 0 unspecified atom stereocenters. The summed E-state index contributed by atoms with van der Waals surface area (Å²) in [4.78, 5) is 23.7. The van der Waals surface area contributed by atoms with Crippen LogP contribution in [0.15, 0.2) is 58.3 Å². The maximum absolute atomic E-state index is 13.0. The number of thioether (sulfide) groups is 1. The molecule has 0 radical (unpaired) electrons. The molecule has 1 aliphatic heterocycles. The number of nitro benzene ring substituents is 1. The number of hydrogen-bond donors (Lipinski definition) is 1. The zero-order valence-corrected chi connectivity index (χ0v) is 17.4. The van der Waals surface area contributed by atoms with Gasteiger partial charge >= 0.3 is 0 Å². The molecule has 10 heteroatoms. The van der Waals surface area contributed by atoms with Gasteiger partial charge in [0, 0.05) is 41.7 Å². The fourth-order valence-electron chi connectivity index (χ4n) is 3.24. The summed E-state index contributed by atoms with van der Waals surface area (Å²) >= 11 is 1.38. The van der Waals surface area contributed by atoms with E-state index in [1.54, 1.807) is 24.3 Å². The van der Waals surface area contributed by atoms with Crippen molar-refractivity contribution in [3.63, 3.8) is 0 Å². The van der Waals surface area contributed by atoms with Gasteiger partial charge in [-0.1, -0.05) is 12.1 Å². The fraction of sp³-hybridized carbons (Fsp3) is 0.316. The molecule has 1 N–H and O–H groups in total. The van der Waals surface area contributed by atoms with Crippen LogP contribution in [0.2, 0.25) is 0 Å². The standard InChI is InChI=1S/C19H21N3O5S2/c1-28-17-4-2-3-5-18(17)29(26,27)21-12-10-14(11-13-21)19(23)20-15-6-8-16(9-7-15)22(24)25/h2-9,14H,10-13H2,1H3,(H,20,23). The monoisotopic (exact) mass is 435 g/mol. The quantitative estimate of drug-likeness (QED) is 0.423. The van der Waals surface area contributed by atoms with Gasteiger partial charge in [-0.05, 0) is 43.4 Å². The number of nitrogens with zero attached hydrogens (tertiary/aromatic N) is 2. The van der Waals surface area contributed by atoms with E-state index in [0.29, 0.717) is 28.3 Å². The highest BCUT2D eigenvalue weighted by atomic mass is 32.2. The summed E-state index contributed by atoms with van der Waals surface area (Å²) in [5.74, 6) is -0.521. The summed E-state index contributed by atoms with van der Waals surface area (Å²) in [6.07, 6.45) is 2.67. The van der Waals surface area contributed by atoms with Gasteiger partial charge in [0.15, 0.2) is 0 Å². The molecule has 0 aliphatic carbocycles. The van der Waals surface area contributed by atoms with Crippen molar-refractivity contribution >= 4 is 39.1 Å². The van der Waals surface area contributed by atoms with E-state index in [-0.39, 0.29) is 30.6 Å². The first kappa shape index (κ1) is 21.3. The predicted octanol–water partition coefficient (Wildman–Crippen LogP) is 3.36. The van der Waals surface area contributed by atoms with Crippen LogP contribution in [0.3, 0.4) is 0 Å².